The third kappa shape index (κ3) is 2.78. The number of aromatic hydroxyl groups is 2. The second-order valence-electron chi connectivity index (χ2n) is 4.32. The number of Topliss-reactive ketones (excluding diaryl/α,β-unsaturated/α-hetero) is 1. The average molecular weight is 236 g/mol. The van der Waals surface area contributed by atoms with Crippen molar-refractivity contribution >= 4 is 5.78 Å². The van der Waals surface area contributed by atoms with Crippen molar-refractivity contribution in [3.63, 3.8) is 0 Å². The number of aryl methyl sites for hydroxylation is 1. The Bertz CT molecular complexity index is 422. The fraction of sp³-hybridized carbons (Fsp3) is 0.500. The fourth-order valence-electron chi connectivity index (χ4n) is 1.99. The molecule has 0 saturated carbocycles. The molecule has 1 aromatic carbocycles. The topological polar surface area (TPSA) is 57.5 Å². The van der Waals surface area contributed by atoms with E-state index in [1.165, 1.54) is 6.92 Å². The Balaban J connectivity index is 3.40. The summed E-state index contributed by atoms with van der Waals surface area (Å²) in [6, 6.07) is 1.61. The Kier molecular flexibility index (Phi) is 4.55. The number of phenolic OH excluding ortho intramolecular Hbond substituents is 2. The molecule has 0 heterocycles. The molecule has 0 bridgehead atoms. The molecule has 0 unspecified atom stereocenters. The fourth-order valence-corrected chi connectivity index (χ4v) is 1.99. The maximum absolute atomic E-state index is 11.4. The van der Waals surface area contributed by atoms with E-state index in [0.29, 0.717) is 24.0 Å². The smallest absolute Gasteiger partial charge is 0.163 e. The molecule has 0 spiro atoms. The molecule has 0 aromatic heterocycles. The Hall–Kier alpha value is -1.51. The summed E-state index contributed by atoms with van der Waals surface area (Å²) in [5.74, 6) is -0.0786. The predicted octanol–water partition coefficient (Wildman–Crippen LogP) is 3.21. The summed E-state index contributed by atoms with van der Waals surface area (Å²) in [6.07, 6.45) is 2.99. The van der Waals surface area contributed by atoms with Gasteiger partial charge < -0.3 is 10.2 Å². The van der Waals surface area contributed by atoms with Crippen LogP contribution in [0, 0.1) is 0 Å². The molecule has 0 radical (unpaired) electrons. The lowest BCUT2D eigenvalue weighted by Crippen LogP contribution is -2.00. The Morgan fingerprint density at radius 3 is 2.18 bits per heavy atom. The van der Waals surface area contributed by atoms with Crippen LogP contribution >= 0.6 is 0 Å². The lowest BCUT2D eigenvalue weighted by atomic mass is 9.95. The van der Waals surface area contributed by atoms with Gasteiger partial charge in [-0.2, -0.15) is 0 Å². The van der Waals surface area contributed by atoms with E-state index in [0.717, 1.165) is 18.4 Å². The largest absolute Gasteiger partial charge is 0.507 e. The summed E-state index contributed by atoms with van der Waals surface area (Å²) in [6.45, 7) is 5.41. The summed E-state index contributed by atoms with van der Waals surface area (Å²) >= 11 is 0. The van der Waals surface area contributed by atoms with Crippen LogP contribution in [0.3, 0.4) is 0 Å². The molecule has 2 N–H and O–H groups in total. The van der Waals surface area contributed by atoms with E-state index in [-0.39, 0.29) is 17.3 Å². The van der Waals surface area contributed by atoms with E-state index in [9.17, 15) is 15.0 Å². The molecule has 0 aliphatic rings. The van der Waals surface area contributed by atoms with Gasteiger partial charge in [-0.05, 0) is 31.4 Å². The lowest BCUT2D eigenvalue weighted by Gasteiger charge is -2.14. The minimum Gasteiger partial charge on any atom is -0.507 e. The highest BCUT2D eigenvalue weighted by Crippen LogP contribution is 2.36. The van der Waals surface area contributed by atoms with Crippen LogP contribution in [-0.2, 0) is 12.8 Å². The standard InChI is InChI=1S/C14H20O3/c1-4-6-10-8-12(9(3)15)14(17)11(7-5-2)13(10)16/h8,16-17H,4-7H2,1-3H3. The van der Waals surface area contributed by atoms with E-state index >= 15 is 0 Å². The summed E-state index contributed by atoms with van der Waals surface area (Å²) in [5, 5.41) is 20.0. The van der Waals surface area contributed by atoms with Gasteiger partial charge in [0.1, 0.15) is 11.5 Å². The number of benzene rings is 1. The highest BCUT2D eigenvalue weighted by Gasteiger charge is 2.18. The zero-order valence-corrected chi connectivity index (χ0v) is 10.7. The number of hydrogen-bond acceptors (Lipinski definition) is 3. The van der Waals surface area contributed by atoms with Crippen molar-refractivity contribution in [2.45, 2.75) is 46.5 Å². The van der Waals surface area contributed by atoms with Crippen LogP contribution in [0.2, 0.25) is 0 Å². The Morgan fingerprint density at radius 1 is 1.12 bits per heavy atom. The van der Waals surface area contributed by atoms with E-state index < -0.39 is 0 Å². The third-order valence-corrected chi connectivity index (χ3v) is 2.85. The van der Waals surface area contributed by atoms with Gasteiger partial charge in [0.25, 0.3) is 0 Å². The minimum absolute atomic E-state index is 0.0586. The van der Waals surface area contributed by atoms with Crippen molar-refractivity contribution in [2.24, 2.45) is 0 Å². The number of carbonyl (C=O) groups is 1. The van der Waals surface area contributed by atoms with Gasteiger partial charge in [-0.1, -0.05) is 26.7 Å². The molecular formula is C14H20O3. The lowest BCUT2D eigenvalue weighted by molar-refractivity contribution is 0.101. The first-order valence-corrected chi connectivity index (χ1v) is 6.10. The first kappa shape index (κ1) is 13.6. The second kappa shape index (κ2) is 5.71. The van der Waals surface area contributed by atoms with Gasteiger partial charge in [0, 0.05) is 5.56 Å². The van der Waals surface area contributed by atoms with Gasteiger partial charge in [0.2, 0.25) is 0 Å². The number of ketones is 1. The molecule has 3 heteroatoms. The molecule has 94 valence electrons. The van der Waals surface area contributed by atoms with Gasteiger partial charge in [-0.25, -0.2) is 0 Å². The van der Waals surface area contributed by atoms with Crippen molar-refractivity contribution in [3.05, 3.63) is 22.8 Å². The first-order chi connectivity index (χ1) is 8.02. The molecule has 1 rings (SSSR count). The van der Waals surface area contributed by atoms with E-state index in [4.69, 9.17) is 0 Å². The predicted molar refractivity (Wildman–Crippen MR) is 67.8 cm³/mol. The van der Waals surface area contributed by atoms with Crippen LogP contribution in [0.25, 0.3) is 0 Å². The maximum atomic E-state index is 11.4. The van der Waals surface area contributed by atoms with Crippen LogP contribution in [0.15, 0.2) is 6.07 Å². The van der Waals surface area contributed by atoms with E-state index in [1.807, 2.05) is 13.8 Å². The van der Waals surface area contributed by atoms with Crippen molar-refractivity contribution in [2.75, 3.05) is 0 Å². The molecule has 0 atom stereocenters. The molecular weight excluding hydrogens is 216 g/mol. The zero-order valence-electron chi connectivity index (χ0n) is 10.7. The number of phenols is 2. The van der Waals surface area contributed by atoms with Crippen LogP contribution in [0.1, 0.15) is 55.1 Å². The van der Waals surface area contributed by atoms with E-state index in [1.54, 1.807) is 6.07 Å². The number of hydrogen-bond donors (Lipinski definition) is 2. The number of rotatable bonds is 5. The Labute approximate surface area is 102 Å². The first-order valence-electron chi connectivity index (χ1n) is 6.10. The normalized spacial score (nSPS) is 10.5. The molecule has 1 aromatic rings. The average Bonchev–Trinajstić information content (AvgIpc) is 2.27. The molecule has 0 aliphatic carbocycles. The highest BCUT2D eigenvalue weighted by molar-refractivity contribution is 5.97. The summed E-state index contributed by atoms with van der Waals surface area (Å²) in [4.78, 5) is 11.4. The molecule has 17 heavy (non-hydrogen) atoms. The van der Waals surface area contributed by atoms with Crippen molar-refractivity contribution in [3.8, 4) is 11.5 Å². The second-order valence-corrected chi connectivity index (χ2v) is 4.32. The molecule has 0 fully saturated rings. The van der Waals surface area contributed by atoms with Crippen LogP contribution in [-0.4, -0.2) is 16.0 Å². The van der Waals surface area contributed by atoms with Gasteiger partial charge >= 0.3 is 0 Å². The maximum Gasteiger partial charge on any atom is 0.163 e. The third-order valence-electron chi connectivity index (χ3n) is 2.85. The van der Waals surface area contributed by atoms with Crippen LogP contribution < -0.4 is 0 Å². The number of carbonyl (C=O) groups excluding carboxylic acids is 1. The monoisotopic (exact) mass is 236 g/mol. The molecule has 0 aliphatic heterocycles. The molecule has 3 nitrogen and oxygen atoms in total. The quantitative estimate of drug-likeness (QED) is 0.772. The van der Waals surface area contributed by atoms with Gasteiger partial charge in [-0.15, -0.1) is 0 Å². The van der Waals surface area contributed by atoms with E-state index in [2.05, 4.69) is 0 Å². The van der Waals surface area contributed by atoms with Crippen molar-refractivity contribution < 1.29 is 15.0 Å². The van der Waals surface area contributed by atoms with Crippen molar-refractivity contribution in [1.29, 1.82) is 0 Å². The zero-order chi connectivity index (χ0) is 13.0. The Morgan fingerprint density at radius 2 is 1.71 bits per heavy atom. The molecule has 0 saturated heterocycles. The molecule has 0 amide bonds. The van der Waals surface area contributed by atoms with Crippen LogP contribution in [0.4, 0.5) is 0 Å². The summed E-state index contributed by atoms with van der Waals surface area (Å²) in [5.41, 5.74) is 1.57. The summed E-state index contributed by atoms with van der Waals surface area (Å²) < 4.78 is 0. The summed E-state index contributed by atoms with van der Waals surface area (Å²) in [7, 11) is 0. The SMILES string of the molecule is CCCc1cc(C(C)=O)c(O)c(CCC)c1O. The highest BCUT2D eigenvalue weighted by atomic mass is 16.3. The van der Waals surface area contributed by atoms with Gasteiger partial charge in [0.15, 0.2) is 5.78 Å². The van der Waals surface area contributed by atoms with Crippen LogP contribution in [0.5, 0.6) is 11.5 Å². The van der Waals surface area contributed by atoms with Crippen molar-refractivity contribution in [1.82, 2.24) is 0 Å². The van der Waals surface area contributed by atoms with Gasteiger partial charge in [0.05, 0.1) is 5.56 Å². The minimum atomic E-state index is -0.169. The van der Waals surface area contributed by atoms with Gasteiger partial charge in [-0.3, -0.25) is 4.79 Å².